The first-order valence-electron chi connectivity index (χ1n) is 7.41. The molecule has 0 saturated heterocycles. The van der Waals surface area contributed by atoms with Crippen molar-refractivity contribution in [3.63, 3.8) is 0 Å². The van der Waals surface area contributed by atoms with E-state index in [9.17, 15) is 9.90 Å². The highest BCUT2D eigenvalue weighted by Crippen LogP contribution is 2.07. The number of carbonyl (C=O) groups is 1. The van der Waals surface area contributed by atoms with Gasteiger partial charge in [0.2, 0.25) is 0 Å². The van der Waals surface area contributed by atoms with Gasteiger partial charge in [-0.2, -0.15) is 0 Å². The Balaban J connectivity index is 1.73. The van der Waals surface area contributed by atoms with Crippen molar-refractivity contribution in [1.29, 1.82) is 0 Å². The van der Waals surface area contributed by atoms with Crippen LogP contribution in [0, 0.1) is 0 Å². The summed E-state index contributed by atoms with van der Waals surface area (Å²) in [4.78, 5) is 11.8. The zero-order valence-corrected chi connectivity index (χ0v) is 12.4. The van der Waals surface area contributed by atoms with Gasteiger partial charge in [0, 0.05) is 6.54 Å². The molecule has 0 aromatic heterocycles. The molecule has 2 N–H and O–H groups in total. The van der Waals surface area contributed by atoms with Gasteiger partial charge in [0.25, 0.3) is 0 Å². The Morgan fingerprint density at radius 3 is 2.18 bits per heavy atom. The number of carbonyl (C=O) groups excluding carboxylic acids is 1. The molecule has 116 valence electrons. The number of hydrogen-bond acceptors (Lipinski definition) is 3. The average molecular weight is 299 g/mol. The summed E-state index contributed by atoms with van der Waals surface area (Å²) in [7, 11) is 0. The largest absolute Gasteiger partial charge is 0.444 e. The average Bonchev–Trinajstić information content (AvgIpc) is 2.58. The Morgan fingerprint density at radius 2 is 1.59 bits per heavy atom. The monoisotopic (exact) mass is 299 g/mol. The van der Waals surface area contributed by atoms with Gasteiger partial charge >= 0.3 is 6.09 Å². The third-order valence-electron chi connectivity index (χ3n) is 3.35. The topological polar surface area (TPSA) is 58.6 Å². The second-order valence-electron chi connectivity index (χ2n) is 5.07. The van der Waals surface area contributed by atoms with Gasteiger partial charge in [0.15, 0.2) is 0 Å². The Labute approximate surface area is 130 Å². The number of alkyl carbamates (subject to hydrolysis) is 1. The van der Waals surface area contributed by atoms with E-state index < -0.39 is 12.2 Å². The standard InChI is InChI=1S/C18H21NO3/c20-14-17(12-11-15-7-3-1-4-8-15)22-18(21)19-13-16-9-5-2-6-10-16/h1-10,17,20H,11-14H2,(H,19,21). The van der Waals surface area contributed by atoms with E-state index in [1.807, 2.05) is 60.7 Å². The number of aryl methyl sites for hydroxylation is 1. The van der Waals surface area contributed by atoms with Crippen LogP contribution in [0.2, 0.25) is 0 Å². The maximum Gasteiger partial charge on any atom is 0.407 e. The lowest BCUT2D eigenvalue weighted by atomic mass is 10.1. The molecule has 0 spiro atoms. The summed E-state index contributed by atoms with van der Waals surface area (Å²) in [5, 5.41) is 12.0. The summed E-state index contributed by atoms with van der Waals surface area (Å²) in [6, 6.07) is 19.5. The van der Waals surface area contributed by atoms with Crippen LogP contribution in [-0.4, -0.2) is 23.9 Å². The molecule has 0 saturated carbocycles. The number of aliphatic hydroxyl groups is 1. The van der Waals surface area contributed by atoms with E-state index in [0.717, 1.165) is 17.5 Å². The van der Waals surface area contributed by atoms with E-state index in [-0.39, 0.29) is 6.61 Å². The van der Waals surface area contributed by atoms with Crippen LogP contribution in [0.15, 0.2) is 60.7 Å². The van der Waals surface area contributed by atoms with Gasteiger partial charge in [-0.3, -0.25) is 0 Å². The second-order valence-corrected chi connectivity index (χ2v) is 5.07. The SMILES string of the molecule is O=C(NCc1ccccc1)OC(CO)CCc1ccccc1. The third kappa shape index (κ3) is 5.58. The van der Waals surface area contributed by atoms with Gasteiger partial charge in [-0.25, -0.2) is 4.79 Å². The van der Waals surface area contributed by atoms with Crippen LogP contribution in [0.4, 0.5) is 4.79 Å². The molecule has 0 aliphatic heterocycles. The van der Waals surface area contributed by atoms with Crippen molar-refractivity contribution in [2.75, 3.05) is 6.61 Å². The lowest BCUT2D eigenvalue weighted by Gasteiger charge is -2.16. The van der Waals surface area contributed by atoms with Crippen LogP contribution in [-0.2, 0) is 17.7 Å². The van der Waals surface area contributed by atoms with Gasteiger partial charge in [0.1, 0.15) is 6.10 Å². The van der Waals surface area contributed by atoms with Crippen molar-refractivity contribution in [2.45, 2.75) is 25.5 Å². The number of nitrogens with one attached hydrogen (secondary N) is 1. The Kier molecular flexibility index (Phi) is 6.45. The van der Waals surface area contributed by atoms with Crippen LogP contribution in [0.1, 0.15) is 17.5 Å². The lowest BCUT2D eigenvalue weighted by Crippen LogP contribution is -2.30. The molecule has 1 amide bonds. The van der Waals surface area contributed by atoms with E-state index in [4.69, 9.17) is 4.74 Å². The zero-order chi connectivity index (χ0) is 15.6. The summed E-state index contributed by atoms with van der Waals surface area (Å²) in [5.74, 6) is 0. The molecule has 22 heavy (non-hydrogen) atoms. The molecular formula is C18H21NO3. The van der Waals surface area contributed by atoms with Crippen molar-refractivity contribution in [1.82, 2.24) is 5.32 Å². The molecule has 0 heterocycles. The van der Waals surface area contributed by atoms with Crippen molar-refractivity contribution in [2.24, 2.45) is 0 Å². The Hall–Kier alpha value is -2.33. The predicted octanol–water partition coefficient (Wildman–Crippen LogP) is 2.91. The minimum atomic E-state index is -0.504. The Morgan fingerprint density at radius 1 is 1.00 bits per heavy atom. The van der Waals surface area contributed by atoms with E-state index in [1.165, 1.54) is 0 Å². The molecule has 0 aliphatic rings. The van der Waals surface area contributed by atoms with Gasteiger partial charge in [0.05, 0.1) is 6.61 Å². The molecule has 1 atom stereocenters. The van der Waals surface area contributed by atoms with Crippen molar-refractivity contribution >= 4 is 6.09 Å². The highest BCUT2D eigenvalue weighted by Gasteiger charge is 2.13. The maximum atomic E-state index is 11.8. The van der Waals surface area contributed by atoms with Crippen LogP contribution >= 0.6 is 0 Å². The molecule has 0 bridgehead atoms. The predicted molar refractivity (Wildman–Crippen MR) is 85.4 cm³/mol. The first-order chi connectivity index (χ1) is 10.8. The van der Waals surface area contributed by atoms with Crippen molar-refractivity contribution < 1.29 is 14.6 Å². The minimum absolute atomic E-state index is 0.175. The first kappa shape index (κ1) is 16.0. The molecule has 4 heteroatoms. The van der Waals surface area contributed by atoms with E-state index in [0.29, 0.717) is 13.0 Å². The molecule has 4 nitrogen and oxygen atoms in total. The summed E-state index contributed by atoms with van der Waals surface area (Å²) < 4.78 is 5.24. The number of benzene rings is 2. The molecule has 2 aromatic rings. The van der Waals surface area contributed by atoms with Gasteiger partial charge in [-0.05, 0) is 24.0 Å². The fourth-order valence-corrected chi connectivity index (χ4v) is 2.12. The van der Waals surface area contributed by atoms with E-state index >= 15 is 0 Å². The zero-order valence-electron chi connectivity index (χ0n) is 12.4. The van der Waals surface area contributed by atoms with Crippen LogP contribution in [0.5, 0.6) is 0 Å². The molecule has 2 aromatic carbocycles. The fraction of sp³-hybridized carbons (Fsp3) is 0.278. The Bertz CT molecular complexity index is 557. The van der Waals surface area contributed by atoms with E-state index in [2.05, 4.69) is 5.32 Å². The molecule has 1 unspecified atom stereocenters. The molecular weight excluding hydrogens is 278 g/mol. The summed E-state index contributed by atoms with van der Waals surface area (Å²) >= 11 is 0. The fourth-order valence-electron chi connectivity index (χ4n) is 2.12. The van der Waals surface area contributed by atoms with Crippen LogP contribution in [0.25, 0.3) is 0 Å². The van der Waals surface area contributed by atoms with Crippen molar-refractivity contribution in [3.05, 3.63) is 71.8 Å². The lowest BCUT2D eigenvalue weighted by molar-refractivity contribution is 0.0527. The van der Waals surface area contributed by atoms with E-state index in [1.54, 1.807) is 0 Å². The minimum Gasteiger partial charge on any atom is -0.444 e. The number of rotatable bonds is 7. The molecule has 0 aliphatic carbocycles. The van der Waals surface area contributed by atoms with Crippen LogP contribution < -0.4 is 5.32 Å². The summed E-state index contributed by atoms with van der Waals surface area (Å²) in [6.07, 6.45) is 0.365. The van der Waals surface area contributed by atoms with Gasteiger partial charge in [-0.1, -0.05) is 60.7 Å². The van der Waals surface area contributed by atoms with Crippen LogP contribution in [0.3, 0.4) is 0 Å². The molecule has 0 fully saturated rings. The second kappa shape index (κ2) is 8.85. The van der Waals surface area contributed by atoms with Crippen molar-refractivity contribution in [3.8, 4) is 0 Å². The summed E-state index contributed by atoms with van der Waals surface area (Å²) in [5.41, 5.74) is 2.17. The number of aliphatic hydroxyl groups excluding tert-OH is 1. The highest BCUT2D eigenvalue weighted by atomic mass is 16.6. The third-order valence-corrected chi connectivity index (χ3v) is 3.35. The highest BCUT2D eigenvalue weighted by molar-refractivity contribution is 5.67. The molecule has 0 radical (unpaired) electrons. The smallest absolute Gasteiger partial charge is 0.407 e. The summed E-state index contributed by atoms with van der Waals surface area (Å²) in [6.45, 7) is 0.238. The first-order valence-corrected chi connectivity index (χ1v) is 7.41. The number of amides is 1. The number of ether oxygens (including phenoxy) is 1. The van der Waals surface area contributed by atoms with Gasteiger partial charge in [-0.15, -0.1) is 0 Å². The van der Waals surface area contributed by atoms with Gasteiger partial charge < -0.3 is 15.2 Å². The molecule has 2 rings (SSSR count). The number of hydrogen-bond donors (Lipinski definition) is 2. The quantitative estimate of drug-likeness (QED) is 0.826. The normalized spacial score (nSPS) is 11.7. The maximum absolute atomic E-state index is 11.8.